The Morgan fingerprint density at radius 1 is 1.06 bits per heavy atom. The highest BCUT2D eigenvalue weighted by Gasteiger charge is 2.39. The predicted molar refractivity (Wildman–Crippen MR) is 111 cm³/mol. The Kier molecular flexibility index (Phi) is 5.23. The smallest absolute Gasteiger partial charge is 0.359 e. The molecule has 0 fully saturated rings. The first-order chi connectivity index (χ1) is 16.1. The van der Waals surface area contributed by atoms with E-state index in [9.17, 15) is 26.3 Å². The Bertz CT molecular complexity index is 1350. The van der Waals surface area contributed by atoms with Gasteiger partial charge < -0.3 is 9.51 Å². The van der Waals surface area contributed by atoms with Gasteiger partial charge in [0, 0.05) is 22.6 Å². The van der Waals surface area contributed by atoms with Gasteiger partial charge >= 0.3 is 12.4 Å². The molecule has 4 aromatic rings. The molecule has 1 aromatic carbocycles. The number of nitrogens with zero attached hydrogens (tertiary/aromatic N) is 4. The number of H-pyrrole nitrogens is 1. The van der Waals surface area contributed by atoms with Crippen LogP contribution in [-0.2, 0) is 25.4 Å². The van der Waals surface area contributed by atoms with Gasteiger partial charge in [0.15, 0.2) is 5.76 Å². The first kappa shape index (κ1) is 22.2. The van der Waals surface area contributed by atoms with Crippen LogP contribution in [0, 0.1) is 0 Å². The number of hydrogen-bond donors (Lipinski definition) is 1. The van der Waals surface area contributed by atoms with Crippen LogP contribution in [0.5, 0.6) is 0 Å². The zero-order chi connectivity index (χ0) is 24.1. The van der Waals surface area contributed by atoms with E-state index in [1.165, 1.54) is 17.4 Å². The van der Waals surface area contributed by atoms with Crippen molar-refractivity contribution in [3.63, 3.8) is 0 Å². The van der Waals surface area contributed by atoms with Crippen molar-refractivity contribution in [1.82, 2.24) is 20.1 Å². The monoisotopic (exact) mass is 497 g/mol. The fourth-order valence-corrected chi connectivity index (χ4v) is 4.16. The summed E-state index contributed by atoms with van der Waals surface area (Å²) in [5.41, 5.74) is -1.15. The lowest BCUT2D eigenvalue weighted by Gasteiger charge is -2.19. The van der Waals surface area contributed by atoms with E-state index in [2.05, 4.69) is 20.2 Å². The minimum absolute atomic E-state index is 0.0729. The van der Waals surface area contributed by atoms with Crippen molar-refractivity contribution < 1.29 is 30.9 Å². The molecule has 0 bridgehead atoms. The summed E-state index contributed by atoms with van der Waals surface area (Å²) in [6.07, 6.45) is -8.36. The van der Waals surface area contributed by atoms with Gasteiger partial charge in [0.05, 0.1) is 36.1 Å². The highest BCUT2D eigenvalue weighted by atomic mass is 32.1. The molecule has 0 unspecified atom stereocenters. The summed E-state index contributed by atoms with van der Waals surface area (Å²) in [7, 11) is 0. The second kappa shape index (κ2) is 8.01. The minimum atomic E-state index is -5.01. The van der Waals surface area contributed by atoms with Crippen LogP contribution >= 0.6 is 11.3 Å². The molecule has 5 rings (SSSR count). The maximum absolute atomic E-state index is 13.5. The molecule has 176 valence electrons. The van der Waals surface area contributed by atoms with Gasteiger partial charge in [0.25, 0.3) is 0 Å². The van der Waals surface area contributed by atoms with Gasteiger partial charge in [0.1, 0.15) is 17.2 Å². The van der Waals surface area contributed by atoms with E-state index < -0.39 is 29.0 Å². The molecule has 34 heavy (non-hydrogen) atoms. The van der Waals surface area contributed by atoms with E-state index in [1.54, 1.807) is 11.2 Å². The van der Waals surface area contributed by atoms with Gasteiger partial charge in [-0.2, -0.15) is 42.8 Å². The zero-order valence-electron chi connectivity index (χ0n) is 16.9. The van der Waals surface area contributed by atoms with E-state index in [4.69, 9.17) is 4.52 Å². The number of hydrazone groups is 1. The average molecular weight is 497 g/mol. The first-order valence-electron chi connectivity index (χ1n) is 9.73. The van der Waals surface area contributed by atoms with Crippen LogP contribution in [0.4, 0.5) is 26.3 Å². The van der Waals surface area contributed by atoms with E-state index in [0.29, 0.717) is 24.1 Å². The second-order valence-corrected chi connectivity index (χ2v) is 8.24. The third-order valence-electron chi connectivity index (χ3n) is 5.11. The van der Waals surface area contributed by atoms with Gasteiger partial charge in [-0.15, -0.1) is 0 Å². The van der Waals surface area contributed by atoms with Crippen molar-refractivity contribution >= 4 is 17.6 Å². The van der Waals surface area contributed by atoms with Gasteiger partial charge in [-0.1, -0.05) is 11.2 Å². The summed E-state index contributed by atoms with van der Waals surface area (Å²) in [6, 6.07) is 4.58. The number of aromatic nitrogens is 3. The topological polar surface area (TPSA) is 70.3 Å². The fourth-order valence-electron chi connectivity index (χ4n) is 3.52. The molecule has 1 aliphatic rings. The molecule has 0 spiro atoms. The van der Waals surface area contributed by atoms with Gasteiger partial charge in [-0.05, 0) is 23.6 Å². The number of halogens is 6. The summed E-state index contributed by atoms with van der Waals surface area (Å²) in [5, 5.41) is 13.4. The van der Waals surface area contributed by atoms with Crippen LogP contribution in [0.15, 0.2) is 50.7 Å². The Morgan fingerprint density at radius 2 is 1.88 bits per heavy atom. The summed E-state index contributed by atoms with van der Waals surface area (Å²) < 4.78 is 84.3. The molecule has 0 saturated carbocycles. The van der Waals surface area contributed by atoms with E-state index in [1.807, 2.05) is 16.8 Å². The average Bonchev–Trinajstić information content (AvgIpc) is 3.52. The number of imidazole rings is 1. The van der Waals surface area contributed by atoms with Crippen LogP contribution < -0.4 is 0 Å². The maximum atomic E-state index is 13.5. The summed E-state index contributed by atoms with van der Waals surface area (Å²) in [4.78, 5) is 7.71. The Balaban J connectivity index is 1.36. The van der Waals surface area contributed by atoms with Crippen LogP contribution in [0.1, 0.15) is 28.3 Å². The largest absolute Gasteiger partial charge is 0.417 e. The van der Waals surface area contributed by atoms with Gasteiger partial charge in [0.2, 0.25) is 0 Å². The molecular weight excluding hydrogens is 484 g/mol. The zero-order valence-corrected chi connectivity index (χ0v) is 17.7. The van der Waals surface area contributed by atoms with Crippen molar-refractivity contribution in [2.24, 2.45) is 5.10 Å². The molecule has 4 heterocycles. The molecule has 1 aliphatic heterocycles. The predicted octanol–water partition coefficient (Wildman–Crippen LogP) is 6.18. The molecule has 13 heteroatoms. The van der Waals surface area contributed by atoms with Crippen molar-refractivity contribution in [3.05, 3.63) is 69.4 Å². The van der Waals surface area contributed by atoms with Gasteiger partial charge in [-0.25, -0.2) is 4.98 Å². The summed E-state index contributed by atoms with van der Waals surface area (Å²) in [5.74, 6) is 0.893. The molecule has 0 atom stereocenters. The van der Waals surface area contributed by atoms with Crippen LogP contribution in [-0.4, -0.2) is 26.3 Å². The third-order valence-corrected chi connectivity index (χ3v) is 5.80. The van der Waals surface area contributed by atoms with Crippen LogP contribution in [0.3, 0.4) is 0 Å². The molecule has 0 saturated heterocycles. The van der Waals surface area contributed by atoms with Crippen LogP contribution in [0.25, 0.3) is 22.6 Å². The number of benzene rings is 1. The number of nitrogens with one attached hydrogen (secondary N) is 1. The minimum Gasteiger partial charge on any atom is -0.359 e. The molecule has 0 radical (unpaired) electrons. The highest BCUT2D eigenvalue weighted by molar-refractivity contribution is 7.08. The van der Waals surface area contributed by atoms with Crippen LogP contribution in [0.2, 0.25) is 0 Å². The fraction of sp³-hybridized carbons (Fsp3) is 0.190. The number of fused-ring (bicyclic) bond motifs is 1. The normalized spacial score (nSPS) is 14.0. The van der Waals surface area contributed by atoms with Crippen molar-refractivity contribution in [3.8, 4) is 22.6 Å². The Hall–Kier alpha value is -3.61. The lowest BCUT2D eigenvalue weighted by atomic mass is 10.0. The third kappa shape index (κ3) is 4.30. The second-order valence-electron chi connectivity index (χ2n) is 7.46. The lowest BCUT2D eigenvalue weighted by Crippen LogP contribution is -2.21. The molecule has 0 aliphatic carbocycles. The first-order valence-corrected chi connectivity index (χ1v) is 10.7. The molecule has 3 aromatic heterocycles. The van der Waals surface area contributed by atoms with Crippen molar-refractivity contribution in [1.29, 1.82) is 0 Å². The molecular formula is C21H13F6N5OS. The highest BCUT2D eigenvalue weighted by Crippen LogP contribution is 2.40. The van der Waals surface area contributed by atoms with E-state index in [0.717, 1.165) is 17.3 Å². The molecule has 1 N–H and O–H groups in total. The van der Waals surface area contributed by atoms with E-state index >= 15 is 0 Å². The Morgan fingerprint density at radius 3 is 2.59 bits per heavy atom. The number of alkyl halides is 6. The number of aromatic amines is 1. The quantitative estimate of drug-likeness (QED) is 0.342. The van der Waals surface area contributed by atoms with E-state index in [-0.39, 0.29) is 24.1 Å². The Labute approximate surface area is 191 Å². The molecule has 6 nitrogen and oxygen atoms in total. The number of rotatable bonds is 4. The molecule has 0 amide bonds. The summed E-state index contributed by atoms with van der Waals surface area (Å²) >= 11 is 1.54. The lowest BCUT2D eigenvalue weighted by molar-refractivity contribution is -0.142. The summed E-state index contributed by atoms with van der Waals surface area (Å²) in [6.45, 7) is 0.421. The van der Waals surface area contributed by atoms with Gasteiger partial charge in [-0.3, -0.25) is 5.01 Å². The van der Waals surface area contributed by atoms with Crippen molar-refractivity contribution in [2.75, 3.05) is 0 Å². The van der Waals surface area contributed by atoms with Crippen molar-refractivity contribution in [2.45, 2.75) is 25.4 Å². The number of hydrogen-bond acceptors (Lipinski definition) is 6. The maximum Gasteiger partial charge on any atom is 0.417 e. The standard InChI is InChI=1S/C21H13F6N5OS/c22-20(23,24)12-1-2-14(15(5-12)21(25,26)27)16-6-13(33-31-16)8-32-9-18-17(7-28-32)29-19(30-18)11-3-4-34-10-11/h1-7,10H,8-9H2,(H,29,30). The number of thiophene rings is 1. The SMILES string of the molecule is FC(F)(F)c1ccc(-c2cc(CN3Cc4[nH]c(-c5ccsc5)nc4C=N3)on2)c(C(F)(F)F)c1.